The summed E-state index contributed by atoms with van der Waals surface area (Å²) in [6.07, 6.45) is 3.60. The van der Waals surface area contributed by atoms with Gasteiger partial charge in [-0.1, -0.05) is 23.4 Å². The fourth-order valence-corrected chi connectivity index (χ4v) is 4.01. The second kappa shape index (κ2) is 6.51. The van der Waals surface area contributed by atoms with E-state index in [1.165, 1.54) is 12.1 Å². The van der Waals surface area contributed by atoms with E-state index in [4.69, 9.17) is 0 Å². The highest BCUT2D eigenvalue weighted by Crippen LogP contribution is 2.31. The van der Waals surface area contributed by atoms with E-state index >= 15 is 0 Å². The van der Waals surface area contributed by atoms with Crippen LogP contribution in [0.25, 0.3) is 10.9 Å². The normalized spacial score (nSPS) is 16.5. The van der Waals surface area contributed by atoms with Gasteiger partial charge in [-0.05, 0) is 36.6 Å². The molecule has 0 fully saturated rings. The van der Waals surface area contributed by atoms with Gasteiger partial charge in [0.1, 0.15) is 5.82 Å². The zero-order valence-corrected chi connectivity index (χ0v) is 14.9. The lowest BCUT2D eigenvalue weighted by Crippen LogP contribution is -2.25. The number of halogens is 3. The van der Waals surface area contributed by atoms with Gasteiger partial charge in [0, 0.05) is 30.1 Å². The molecule has 141 valence electrons. The van der Waals surface area contributed by atoms with Gasteiger partial charge in [0.2, 0.25) is 0 Å². The smallest absolute Gasteiger partial charge is 0.159 e. The topological polar surface area (TPSA) is 35.6 Å². The Morgan fingerprint density at radius 2 is 1.96 bits per heavy atom. The zero-order valence-electron chi connectivity index (χ0n) is 14.9. The van der Waals surface area contributed by atoms with Crippen molar-refractivity contribution in [1.29, 1.82) is 0 Å². The lowest BCUT2D eigenvalue weighted by molar-refractivity contribution is 0.329. The van der Waals surface area contributed by atoms with Crippen LogP contribution in [0.4, 0.5) is 13.2 Å². The van der Waals surface area contributed by atoms with Crippen LogP contribution >= 0.6 is 0 Å². The maximum atomic E-state index is 14.4. The third-order valence-electron chi connectivity index (χ3n) is 5.33. The number of hydrogen-bond acceptors (Lipinski definition) is 2. The van der Waals surface area contributed by atoms with Crippen LogP contribution in [0.15, 0.2) is 42.6 Å². The minimum Gasteiger partial charge on any atom is -0.339 e. The van der Waals surface area contributed by atoms with Crippen molar-refractivity contribution in [3.8, 4) is 0 Å². The van der Waals surface area contributed by atoms with Gasteiger partial charge in [-0.3, -0.25) is 0 Å². The first-order valence-corrected chi connectivity index (χ1v) is 9.12. The van der Waals surface area contributed by atoms with Crippen molar-refractivity contribution >= 4 is 10.9 Å². The van der Waals surface area contributed by atoms with E-state index in [2.05, 4.69) is 16.4 Å². The summed E-state index contributed by atoms with van der Waals surface area (Å²) >= 11 is 0. The third-order valence-corrected chi connectivity index (χ3v) is 5.33. The molecule has 3 heterocycles. The van der Waals surface area contributed by atoms with Gasteiger partial charge in [-0.25, -0.2) is 17.9 Å². The molecule has 0 amide bonds. The summed E-state index contributed by atoms with van der Waals surface area (Å²) < 4.78 is 44.8. The van der Waals surface area contributed by atoms with E-state index in [1.807, 2.05) is 15.3 Å². The first-order chi connectivity index (χ1) is 13.6. The Kier molecular flexibility index (Phi) is 3.96. The Balaban J connectivity index is 1.46. The summed E-state index contributed by atoms with van der Waals surface area (Å²) in [5.74, 6) is -2.00. The lowest BCUT2D eigenvalue weighted by atomic mass is 10.0. The van der Waals surface area contributed by atoms with E-state index < -0.39 is 11.6 Å². The van der Waals surface area contributed by atoms with Crippen molar-refractivity contribution in [1.82, 2.24) is 19.6 Å². The predicted octanol–water partition coefficient (Wildman–Crippen LogP) is 4.23. The average Bonchev–Trinajstić information content (AvgIpc) is 3.29. The SMILES string of the molecule is Fc1ccc(Cc2cnnn2C2CCc3[c]c4cccc(F)c4n3C2)cc1F. The molecule has 0 bridgehead atoms. The first kappa shape index (κ1) is 17.0. The van der Waals surface area contributed by atoms with Gasteiger partial charge < -0.3 is 4.57 Å². The average molecular weight is 381 g/mol. The van der Waals surface area contributed by atoms with Crippen LogP contribution in [0.2, 0.25) is 0 Å². The molecular formula is C21H16F3N4. The van der Waals surface area contributed by atoms with Crippen LogP contribution in [0.5, 0.6) is 0 Å². The van der Waals surface area contributed by atoms with E-state index in [-0.39, 0.29) is 11.9 Å². The Hall–Kier alpha value is -3.09. The van der Waals surface area contributed by atoms with E-state index in [0.29, 0.717) is 24.0 Å². The number of aryl methyl sites for hydroxylation is 1. The van der Waals surface area contributed by atoms with Gasteiger partial charge in [0.05, 0.1) is 23.4 Å². The number of fused-ring (bicyclic) bond motifs is 3. The van der Waals surface area contributed by atoms with E-state index in [0.717, 1.165) is 35.7 Å². The molecule has 1 unspecified atom stereocenters. The van der Waals surface area contributed by atoms with Crippen molar-refractivity contribution in [2.45, 2.75) is 31.8 Å². The fourth-order valence-electron chi connectivity index (χ4n) is 4.01. The largest absolute Gasteiger partial charge is 0.339 e. The highest BCUT2D eigenvalue weighted by Gasteiger charge is 2.25. The van der Waals surface area contributed by atoms with Crippen LogP contribution in [0, 0.1) is 23.5 Å². The Labute approximate surface area is 159 Å². The third kappa shape index (κ3) is 2.78. The molecule has 0 N–H and O–H groups in total. The lowest BCUT2D eigenvalue weighted by Gasteiger charge is -2.26. The molecule has 0 saturated heterocycles. The molecule has 2 aromatic heterocycles. The molecule has 4 aromatic rings. The molecule has 28 heavy (non-hydrogen) atoms. The number of para-hydroxylation sites is 1. The second-order valence-corrected chi connectivity index (χ2v) is 7.11. The van der Waals surface area contributed by atoms with Crippen LogP contribution in [-0.2, 0) is 19.4 Å². The van der Waals surface area contributed by atoms with Crippen LogP contribution < -0.4 is 0 Å². The Bertz CT molecular complexity index is 1180. The molecule has 7 heteroatoms. The van der Waals surface area contributed by atoms with Crippen molar-refractivity contribution in [3.05, 3.63) is 83.1 Å². The van der Waals surface area contributed by atoms with E-state index in [9.17, 15) is 13.2 Å². The minimum absolute atomic E-state index is 0.00102. The maximum Gasteiger partial charge on any atom is 0.159 e. The van der Waals surface area contributed by atoms with Crippen molar-refractivity contribution < 1.29 is 13.2 Å². The zero-order chi connectivity index (χ0) is 19.3. The maximum absolute atomic E-state index is 14.4. The van der Waals surface area contributed by atoms with Gasteiger partial charge >= 0.3 is 0 Å². The Morgan fingerprint density at radius 1 is 1.07 bits per heavy atom. The van der Waals surface area contributed by atoms with Crippen molar-refractivity contribution in [2.24, 2.45) is 0 Å². The molecule has 2 aromatic carbocycles. The molecule has 0 saturated carbocycles. The van der Waals surface area contributed by atoms with Crippen LogP contribution in [0.3, 0.4) is 0 Å². The minimum atomic E-state index is -0.872. The molecular weight excluding hydrogens is 365 g/mol. The number of benzene rings is 2. The number of aromatic nitrogens is 4. The molecule has 4 nitrogen and oxygen atoms in total. The quantitative estimate of drug-likeness (QED) is 0.532. The summed E-state index contributed by atoms with van der Waals surface area (Å²) in [7, 11) is 0. The molecule has 5 rings (SSSR count). The highest BCUT2D eigenvalue weighted by molar-refractivity contribution is 5.81. The second-order valence-electron chi connectivity index (χ2n) is 7.11. The van der Waals surface area contributed by atoms with Crippen LogP contribution in [0.1, 0.15) is 29.4 Å². The summed E-state index contributed by atoms with van der Waals surface area (Å²) in [6, 6.07) is 12.2. The summed E-state index contributed by atoms with van der Waals surface area (Å²) in [5.41, 5.74) is 2.99. The molecule has 1 aliphatic heterocycles. The number of hydrogen-bond donors (Lipinski definition) is 0. The van der Waals surface area contributed by atoms with Crippen molar-refractivity contribution in [2.75, 3.05) is 0 Å². The Morgan fingerprint density at radius 3 is 2.82 bits per heavy atom. The standard InChI is InChI=1S/C21H16F3N4/c22-18-7-4-13(9-20(18)24)8-17-11-25-26-28(17)16-6-5-15-10-14-2-1-3-19(23)21(14)27(15)12-16/h1-4,7,9,11,16H,5-6,8,12H2. The monoisotopic (exact) mass is 381 g/mol. The predicted molar refractivity (Wildman–Crippen MR) is 97.3 cm³/mol. The molecule has 1 radical (unpaired) electrons. The summed E-state index contributed by atoms with van der Waals surface area (Å²) in [5, 5.41) is 9.00. The van der Waals surface area contributed by atoms with Gasteiger partial charge in [-0.15, -0.1) is 5.10 Å². The molecule has 0 spiro atoms. The summed E-state index contributed by atoms with van der Waals surface area (Å²) in [6.45, 7) is 0.560. The fraction of sp³-hybridized carbons (Fsp3) is 0.238. The van der Waals surface area contributed by atoms with Crippen LogP contribution in [-0.4, -0.2) is 19.6 Å². The van der Waals surface area contributed by atoms with Gasteiger partial charge in [-0.2, -0.15) is 0 Å². The number of rotatable bonds is 3. The van der Waals surface area contributed by atoms with Crippen molar-refractivity contribution in [3.63, 3.8) is 0 Å². The highest BCUT2D eigenvalue weighted by atomic mass is 19.2. The molecule has 0 aliphatic carbocycles. The first-order valence-electron chi connectivity index (χ1n) is 9.12. The van der Waals surface area contributed by atoms with Gasteiger partial charge in [0.15, 0.2) is 11.6 Å². The van der Waals surface area contributed by atoms with E-state index in [1.54, 1.807) is 18.3 Å². The molecule has 1 atom stereocenters. The van der Waals surface area contributed by atoms with Gasteiger partial charge in [0.25, 0.3) is 0 Å². The number of nitrogens with zero attached hydrogens (tertiary/aromatic N) is 4. The summed E-state index contributed by atoms with van der Waals surface area (Å²) in [4.78, 5) is 0. The molecule has 1 aliphatic rings.